The largest absolute Gasteiger partial charge is 0.384 e. The lowest BCUT2D eigenvalue weighted by Crippen LogP contribution is -2.43. The summed E-state index contributed by atoms with van der Waals surface area (Å²) < 4.78 is 0. The monoisotopic (exact) mass is 223 g/mol. The molecule has 0 saturated heterocycles. The molecule has 0 fully saturated rings. The van der Waals surface area contributed by atoms with E-state index in [0.29, 0.717) is 11.8 Å². The van der Waals surface area contributed by atoms with Gasteiger partial charge in [-0.25, -0.2) is 4.98 Å². The van der Waals surface area contributed by atoms with Gasteiger partial charge in [-0.3, -0.25) is 4.79 Å². The fourth-order valence-corrected chi connectivity index (χ4v) is 1.08. The second-order valence-electron chi connectivity index (χ2n) is 4.46. The molecule has 16 heavy (non-hydrogen) atoms. The summed E-state index contributed by atoms with van der Waals surface area (Å²) >= 11 is 0. The summed E-state index contributed by atoms with van der Waals surface area (Å²) in [6, 6.07) is 1.58. The summed E-state index contributed by atoms with van der Waals surface area (Å²) in [4.78, 5) is 19.3. The van der Waals surface area contributed by atoms with Crippen molar-refractivity contribution < 1.29 is 4.79 Å². The predicted octanol–water partition coefficient (Wildman–Crippen LogP) is 0.385. The number of rotatable bonds is 3. The number of hydrogen-bond donors (Lipinski definition) is 3. The van der Waals surface area contributed by atoms with Gasteiger partial charge in [0.05, 0.1) is 6.54 Å². The molecule has 1 aromatic rings. The summed E-state index contributed by atoms with van der Waals surface area (Å²) in [7, 11) is 0. The molecule has 1 heterocycles. The van der Waals surface area contributed by atoms with Crippen molar-refractivity contribution in [1.82, 2.24) is 15.3 Å². The minimum atomic E-state index is -0.241. The topological polar surface area (TPSA) is 92.9 Å². The van der Waals surface area contributed by atoms with Crippen LogP contribution in [0, 0.1) is 0 Å². The Morgan fingerprint density at radius 3 is 2.75 bits per heavy atom. The maximum Gasteiger partial charge on any atom is 0.239 e. The van der Waals surface area contributed by atoms with Crippen molar-refractivity contribution >= 4 is 17.7 Å². The van der Waals surface area contributed by atoms with E-state index in [2.05, 4.69) is 20.6 Å². The zero-order valence-electron chi connectivity index (χ0n) is 9.74. The zero-order chi connectivity index (χ0) is 12.2. The van der Waals surface area contributed by atoms with Gasteiger partial charge in [-0.2, -0.15) is 4.98 Å². The Hall–Kier alpha value is -1.85. The Bertz CT molecular complexity index is 372. The van der Waals surface area contributed by atoms with Crippen LogP contribution in [0.3, 0.4) is 0 Å². The molecular weight excluding hydrogens is 206 g/mol. The standard InChI is InChI=1S/C10H17N5O/c1-10(2,3)15-8(16)6-13-9-12-5-4-7(11)14-9/h4-5H,6H2,1-3H3,(H,15,16)(H3,11,12,13,14). The third-order valence-electron chi connectivity index (χ3n) is 1.60. The molecule has 0 bridgehead atoms. The Kier molecular flexibility index (Phi) is 3.65. The van der Waals surface area contributed by atoms with E-state index in [0.717, 1.165) is 0 Å². The number of hydrogen-bond acceptors (Lipinski definition) is 5. The number of nitrogens with one attached hydrogen (secondary N) is 2. The summed E-state index contributed by atoms with van der Waals surface area (Å²) in [5.74, 6) is 0.608. The molecule has 0 aromatic carbocycles. The Morgan fingerprint density at radius 2 is 2.19 bits per heavy atom. The molecule has 0 aliphatic carbocycles. The van der Waals surface area contributed by atoms with E-state index in [1.165, 1.54) is 6.20 Å². The van der Waals surface area contributed by atoms with E-state index in [1.807, 2.05) is 20.8 Å². The number of amides is 1. The van der Waals surface area contributed by atoms with Crippen LogP contribution in [0.25, 0.3) is 0 Å². The minimum Gasteiger partial charge on any atom is -0.384 e. The molecule has 0 unspecified atom stereocenters. The van der Waals surface area contributed by atoms with E-state index in [4.69, 9.17) is 5.73 Å². The number of carbonyl (C=O) groups excluding carboxylic acids is 1. The van der Waals surface area contributed by atoms with Crippen LogP contribution in [0.5, 0.6) is 0 Å². The van der Waals surface area contributed by atoms with Crippen LogP contribution in [0.15, 0.2) is 12.3 Å². The van der Waals surface area contributed by atoms with Crippen molar-refractivity contribution in [3.63, 3.8) is 0 Å². The number of nitrogen functional groups attached to an aromatic ring is 1. The van der Waals surface area contributed by atoms with E-state index in [-0.39, 0.29) is 18.0 Å². The number of anilines is 2. The predicted molar refractivity (Wildman–Crippen MR) is 62.8 cm³/mol. The van der Waals surface area contributed by atoms with Crippen LogP contribution in [0.4, 0.5) is 11.8 Å². The fourth-order valence-electron chi connectivity index (χ4n) is 1.08. The van der Waals surface area contributed by atoms with Crippen molar-refractivity contribution in [3.8, 4) is 0 Å². The molecule has 1 amide bonds. The van der Waals surface area contributed by atoms with Crippen LogP contribution in [-0.2, 0) is 4.79 Å². The van der Waals surface area contributed by atoms with Crippen molar-refractivity contribution in [3.05, 3.63) is 12.3 Å². The Morgan fingerprint density at radius 1 is 1.50 bits per heavy atom. The lowest BCUT2D eigenvalue weighted by molar-refractivity contribution is -0.120. The normalized spacial score (nSPS) is 10.9. The molecule has 88 valence electrons. The van der Waals surface area contributed by atoms with Gasteiger partial charge < -0.3 is 16.4 Å². The molecule has 0 spiro atoms. The summed E-state index contributed by atoms with van der Waals surface area (Å²) in [6.45, 7) is 5.88. The lowest BCUT2D eigenvalue weighted by atomic mass is 10.1. The number of aromatic nitrogens is 2. The SMILES string of the molecule is CC(C)(C)NC(=O)CNc1nccc(N)n1. The van der Waals surface area contributed by atoms with E-state index >= 15 is 0 Å². The molecule has 0 aliphatic rings. The first-order valence-electron chi connectivity index (χ1n) is 5.00. The molecule has 0 aliphatic heterocycles. The van der Waals surface area contributed by atoms with Crippen molar-refractivity contribution in [1.29, 1.82) is 0 Å². The van der Waals surface area contributed by atoms with Crippen molar-refractivity contribution in [2.24, 2.45) is 0 Å². The lowest BCUT2D eigenvalue weighted by Gasteiger charge is -2.20. The average molecular weight is 223 g/mol. The number of carbonyl (C=O) groups is 1. The summed E-state index contributed by atoms with van der Waals surface area (Å²) in [5, 5.41) is 5.61. The molecule has 1 aromatic heterocycles. The van der Waals surface area contributed by atoms with Gasteiger partial charge in [0, 0.05) is 11.7 Å². The van der Waals surface area contributed by atoms with Crippen LogP contribution < -0.4 is 16.4 Å². The first kappa shape index (κ1) is 12.2. The van der Waals surface area contributed by atoms with Crippen LogP contribution >= 0.6 is 0 Å². The quantitative estimate of drug-likeness (QED) is 0.689. The van der Waals surface area contributed by atoms with Gasteiger partial charge in [0.25, 0.3) is 0 Å². The van der Waals surface area contributed by atoms with Gasteiger partial charge in [-0.1, -0.05) is 0 Å². The minimum absolute atomic E-state index is 0.112. The first-order valence-corrected chi connectivity index (χ1v) is 5.00. The maximum absolute atomic E-state index is 11.5. The van der Waals surface area contributed by atoms with E-state index in [1.54, 1.807) is 6.07 Å². The number of nitrogens with zero attached hydrogens (tertiary/aromatic N) is 2. The summed E-state index contributed by atoms with van der Waals surface area (Å²) in [6.07, 6.45) is 1.53. The molecule has 0 saturated carbocycles. The Balaban J connectivity index is 2.43. The molecule has 4 N–H and O–H groups in total. The highest BCUT2D eigenvalue weighted by atomic mass is 16.2. The molecule has 6 heteroatoms. The van der Waals surface area contributed by atoms with Gasteiger partial charge >= 0.3 is 0 Å². The molecule has 6 nitrogen and oxygen atoms in total. The molecular formula is C10H17N5O. The van der Waals surface area contributed by atoms with Crippen LogP contribution in [-0.4, -0.2) is 28.0 Å². The Labute approximate surface area is 94.7 Å². The second kappa shape index (κ2) is 4.78. The highest BCUT2D eigenvalue weighted by Gasteiger charge is 2.13. The van der Waals surface area contributed by atoms with E-state index in [9.17, 15) is 4.79 Å². The van der Waals surface area contributed by atoms with Crippen LogP contribution in [0.1, 0.15) is 20.8 Å². The molecule has 0 atom stereocenters. The smallest absolute Gasteiger partial charge is 0.239 e. The third kappa shape index (κ3) is 4.59. The van der Waals surface area contributed by atoms with Gasteiger partial charge in [-0.15, -0.1) is 0 Å². The average Bonchev–Trinajstić information content (AvgIpc) is 2.12. The van der Waals surface area contributed by atoms with Gasteiger partial charge in [0.1, 0.15) is 5.82 Å². The second-order valence-corrected chi connectivity index (χ2v) is 4.46. The highest BCUT2D eigenvalue weighted by molar-refractivity contribution is 5.80. The zero-order valence-corrected chi connectivity index (χ0v) is 9.74. The third-order valence-corrected chi connectivity index (χ3v) is 1.60. The molecule has 1 rings (SSSR count). The first-order chi connectivity index (χ1) is 7.37. The molecule has 0 radical (unpaired) electrons. The highest BCUT2D eigenvalue weighted by Crippen LogP contribution is 2.01. The van der Waals surface area contributed by atoms with Gasteiger partial charge in [-0.05, 0) is 26.8 Å². The van der Waals surface area contributed by atoms with E-state index < -0.39 is 0 Å². The van der Waals surface area contributed by atoms with Crippen molar-refractivity contribution in [2.75, 3.05) is 17.6 Å². The maximum atomic E-state index is 11.5. The van der Waals surface area contributed by atoms with Crippen molar-refractivity contribution in [2.45, 2.75) is 26.3 Å². The number of nitrogens with two attached hydrogens (primary N) is 1. The summed E-state index contributed by atoms with van der Waals surface area (Å²) in [5.41, 5.74) is 5.23. The van der Waals surface area contributed by atoms with Gasteiger partial charge in [0.15, 0.2) is 0 Å². The van der Waals surface area contributed by atoms with Crippen LogP contribution in [0.2, 0.25) is 0 Å². The fraction of sp³-hybridized carbons (Fsp3) is 0.500. The van der Waals surface area contributed by atoms with Gasteiger partial charge in [0.2, 0.25) is 11.9 Å².